The molecule has 0 fully saturated rings. The van der Waals surface area contributed by atoms with Crippen molar-refractivity contribution in [3.8, 4) is 0 Å². The van der Waals surface area contributed by atoms with Crippen molar-refractivity contribution in [2.45, 2.75) is 26.2 Å². The first-order valence-corrected chi connectivity index (χ1v) is 7.45. The van der Waals surface area contributed by atoms with Crippen LogP contribution in [0.4, 0.5) is 0 Å². The summed E-state index contributed by atoms with van der Waals surface area (Å²) in [6, 6.07) is 14.4. The Morgan fingerprint density at radius 3 is 1.75 bits per heavy atom. The fraction of sp³-hybridized carbons (Fsp3) is 0.222. The largest absolute Gasteiger partial charge is 0.0830 e. The van der Waals surface area contributed by atoms with E-state index in [2.05, 4.69) is 39.0 Å². The maximum Gasteiger partial charge on any atom is 0.0563 e. The molecule has 3 aromatic carbocycles. The van der Waals surface area contributed by atoms with Gasteiger partial charge < -0.3 is 0 Å². The molecule has 0 radical (unpaired) electrons. The normalized spacial score (nSPS) is 12.2. The summed E-state index contributed by atoms with van der Waals surface area (Å²) < 4.78 is 0. The average molecular weight is 303 g/mol. The van der Waals surface area contributed by atoms with Crippen LogP contribution < -0.4 is 0 Å². The third kappa shape index (κ3) is 2.08. The van der Waals surface area contributed by atoms with E-state index >= 15 is 0 Å². The van der Waals surface area contributed by atoms with Gasteiger partial charge in [-0.05, 0) is 17.0 Å². The quantitative estimate of drug-likeness (QED) is 0.410. The van der Waals surface area contributed by atoms with Crippen molar-refractivity contribution >= 4 is 44.7 Å². The van der Waals surface area contributed by atoms with E-state index in [1.165, 1.54) is 5.56 Å². The molecule has 3 rings (SSSR count). The summed E-state index contributed by atoms with van der Waals surface area (Å²) in [5, 5.41) is 5.63. The summed E-state index contributed by atoms with van der Waals surface area (Å²) in [5.74, 6) is 0. The van der Waals surface area contributed by atoms with Crippen LogP contribution >= 0.6 is 23.2 Å². The zero-order valence-electron chi connectivity index (χ0n) is 11.8. The van der Waals surface area contributed by atoms with Crippen molar-refractivity contribution in [2.75, 3.05) is 0 Å². The lowest BCUT2D eigenvalue weighted by Crippen LogP contribution is -2.10. The van der Waals surface area contributed by atoms with Crippen molar-refractivity contribution in [1.82, 2.24) is 0 Å². The van der Waals surface area contributed by atoms with Gasteiger partial charge in [-0.25, -0.2) is 0 Å². The van der Waals surface area contributed by atoms with Gasteiger partial charge in [-0.15, -0.1) is 0 Å². The Morgan fingerprint density at radius 2 is 1.20 bits per heavy atom. The van der Waals surface area contributed by atoms with Gasteiger partial charge in [0.25, 0.3) is 0 Å². The lowest BCUT2D eigenvalue weighted by molar-refractivity contribution is 0.591. The second-order valence-corrected chi connectivity index (χ2v) is 6.94. The minimum atomic E-state index is 0.0929. The van der Waals surface area contributed by atoms with Crippen molar-refractivity contribution in [2.24, 2.45) is 0 Å². The molecule has 0 spiro atoms. The topological polar surface area (TPSA) is 0 Å². The molecular weight excluding hydrogens is 287 g/mol. The maximum atomic E-state index is 6.61. The third-order valence-electron chi connectivity index (χ3n) is 3.76. The Bertz CT molecular complexity index is 811. The zero-order chi connectivity index (χ0) is 14.5. The molecular formula is C18H16Cl2. The lowest BCUT2D eigenvalue weighted by Gasteiger charge is -2.20. The van der Waals surface area contributed by atoms with Crippen LogP contribution in [0.25, 0.3) is 21.5 Å². The van der Waals surface area contributed by atoms with E-state index in [0.29, 0.717) is 0 Å². The summed E-state index contributed by atoms with van der Waals surface area (Å²) in [7, 11) is 0. The molecule has 2 heteroatoms. The number of rotatable bonds is 0. The van der Waals surface area contributed by atoms with Crippen LogP contribution in [-0.2, 0) is 5.41 Å². The first kappa shape index (κ1) is 13.7. The summed E-state index contributed by atoms with van der Waals surface area (Å²) in [6.45, 7) is 6.60. The molecule has 20 heavy (non-hydrogen) atoms. The lowest BCUT2D eigenvalue weighted by atomic mass is 9.85. The van der Waals surface area contributed by atoms with E-state index < -0.39 is 0 Å². The van der Waals surface area contributed by atoms with Gasteiger partial charge in [0.15, 0.2) is 0 Å². The van der Waals surface area contributed by atoms with Gasteiger partial charge in [0.1, 0.15) is 0 Å². The summed E-state index contributed by atoms with van der Waals surface area (Å²) in [5.41, 5.74) is 1.36. The van der Waals surface area contributed by atoms with Crippen LogP contribution in [0.3, 0.4) is 0 Å². The van der Waals surface area contributed by atoms with Crippen molar-refractivity contribution in [1.29, 1.82) is 0 Å². The SMILES string of the molecule is CC(C)(C)c1ccc2c(Cl)c3ccccc3c(Cl)c2c1. The highest BCUT2D eigenvalue weighted by atomic mass is 35.5. The van der Waals surface area contributed by atoms with E-state index in [4.69, 9.17) is 23.2 Å². The van der Waals surface area contributed by atoms with Gasteiger partial charge in [0.2, 0.25) is 0 Å². The maximum absolute atomic E-state index is 6.61. The van der Waals surface area contributed by atoms with Crippen LogP contribution in [-0.4, -0.2) is 0 Å². The van der Waals surface area contributed by atoms with Gasteiger partial charge in [0, 0.05) is 21.5 Å². The van der Waals surface area contributed by atoms with E-state index in [1.54, 1.807) is 0 Å². The third-order valence-corrected chi connectivity index (χ3v) is 4.57. The van der Waals surface area contributed by atoms with Crippen molar-refractivity contribution in [3.05, 3.63) is 58.1 Å². The minimum Gasteiger partial charge on any atom is -0.0830 e. The number of fused-ring (bicyclic) bond motifs is 2. The van der Waals surface area contributed by atoms with Crippen LogP contribution in [0.5, 0.6) is 0 Å². The summed E-state index contributed by atoms with van der Waals surface area (Å²) >= 11 is 13.2. The van der Waals surface area contributed by atoms with Crippen molar-refractivity contribution < 1.29 is 0 Å². The molecule has 0 N–H and O–H groups in total. The molecule has 3 aromatic rings. The number of halogens is 2. The number of hydrogen-bond donors (Lipinski definition) is 0. The van der Waals surface area contributed by atoms with Gasteiger partial charge in [0.05, 0.1) is 10.0 Å². The highest BCUT2D eigenvalue weighted by Crippen LogP contribution is 2.40. The monoisotopic (exact) mass is 302 g/mol. The van der Waals surface area contributed by atoms with Crippen LogP contribution in [0, 0.1) is 0 Å². The second kappa shape index (κ2) is 4.65. The van der Waals surface area contributed by atoms with Crippen LogP contribution in [0.2, 0.25) is 10.0 Å². The van der Waals surface area contributed by atoms with Gasteiger partial charge in [-0.3, -0.25) is 0 Å². The molecule has 102 valence electrons. The molecule has 0 aliphatic carbocycles. The van der Waals surface area contributed by atoms with Gasteiger partial charge >= 0.3 is 0 Å². The van der Waals surface area contributed by atoms with E-state index in [-0.39, 0.29) is 5.41 Å². The fourth-order valence-corrected chi connectivity index (χ4v) is 3.19. The average Bonchev–Trinajstić information content (AvgIpc) is 2.43. The molecule has 0 heterocycles. The second-order valence-electron chi connectivity index (χ2n) is 6.18. The molecule has 0 aliphatic rings. The highest BCUT2D eigenvalue weighted by Gasteiger charge is 2.17. The van der Waals surface area contributed by atoms with E-state index in [1.807, 2.05) is 24.3 Å². The van der Waals surface area contributed by atoms with Crippen LogP contribution in [0.1, 0.15) is 26.3 Å². The van der Waals surface area contributed by atoms with E-state index in [9.17, 15) is 0 Å². The Balaban J connectivity index is 2.47. The molecule has 0 nitrogen and oxygen atoms in total. The molecule has 0 aromatic heterocycles. The Labute approximate surface area is 129 Å². The molecule has 0 saturated carbocycles. The van der Waals surface area contributed by atoms with Crippen molar-refractivity contribution in [3.63, 3.8) is 0 Å². The standard InChI is InChI=1S/C18H16Cl2/c1-18(2,3)11-8-9-14-15(10-11)17(20)13-7-5-4-6-12(13)16(14)19/h4-10H,1-3H3. The summed E-state index contributed by atoms with van der Waals surface area (Å²) in [4.78, 5) is 0. The predicted octanol–water partition coefficient (Wildman–Crippen LogP) is 6.60. The van der Waals surface area contributed by atoms with E-state index in [0.717, 1.165) is 31.6 Å². The molecule has 0 bridgehead atoms. The molecule has 0 unspecified atom stereocenters. The Morgan fingerprint density at radius 1 is 0.700 bits per heavy atom. The number of hydrogen-bond acceptors (Lipinski definition) is 0. The smallest absolute Gasteiger partial charge is 0.0563 e. The number of benzene rings is 3. The molecule has 0 saturated heterocycles. The molecule has 0 amide bonds. The Kier molecular flexibility index (Phi) is 3.19. The first-order chi connectivity index (χ1) is 9.39. The first-order valence-electron chi connectivity index (χ1n) is 6.69. The summed E-state index contributed by atoms with van der Waals surface area (Å²) in [6.07, 6.45) is 0. The van der Waals surface area contributed by atoms with Gasteiger partial charge in [-0.2, -0.15) is 0 Å². The highest BCUT2D eigenvalue weighted by molar-refractivity contribution is 6.47. The zero-order valence-corrected chi connectivity index (χ0v) is 13.3. The minimum absolute atomic E-state index is 0.0929. The molecule has 0 atom stereocenters. The fourth-order valence-electron chi connectivity index (χ4n) is 2.54. The Hall–Kier alpha value is -1.24. The van der Waals surface area contributed by atoms with Crippen LogP contribution in [0.15, 0.2) is 42.5 Å². The molecule has 0 aliphatic heterocycles. The van der Waals surface area contributed by atoms with Gasteiger partial charge in [-0.1, -0.05) is 80.4 Å². The predicted molar refractivity (Wildman–Crippen MR) is 90.2 cm³/mol.